The van der Waals surface area contributed by atoms with E-state index in [4.69, 9.17) is 4.74 Å². The molecule has 2 fully saturated rings. The van der Waals surface area contributed by atoms with Gasteiger partial charge in [-0.25, -0.2) is 0 Å². The summed E-state index contributed by atoms with van der Waals surface area (Å²) < 4.78 is 5.29. The van der Waals surface area contributed by atoms with Crippen LogP contribution >= 0.6 is 0 Å². The van der Waals surface area contributed by atoms with E-state index in [1.165, 1.54) is 5.56 Å². The highest BCUT2D eigenvalue weighted by Crippen LogP contribution is 2.22. The van der Waals surface area contributed by atoms with Gasteiger partial charge in [-0.1, -0.05) is 17.7 Å². The van der Waals surface area contributed by atoms with Gasteiger partial charge in [0.05, 0.1) is 0 Å². The molecule has 1 N–H and O–H groups in total. The second-order valence-electron chi connectivity index (χ2n) is 6.42. The summed E-state index contributed by atoms with van der Waals surface area (Å²) in [4.78, 5) is 26.9. The molecule has 1 aromatic carbocycles. The molecule has 2 aliphatic rings. The van der Waals surface area contributed by atoms with Crippen LogP contribution in [0, 0.1) is 12.8 Å². The molecule has 0 bridgehead atoms. The Morgan fingerprint density at radius 2 is 1.87 bits per heavy atom. The van der Waals surface area contributed by atoms with E-state index in [0.29, 0.717) is 19.8 Å². The summed E-state index contributed by atoms with van der Waals surface area (Å²) in [5.41, 5.74) is 2.08. The maximum Gasteiger partial charge on any atom is 0.249 e. The van der Waals surface area contributed by atoms with Crippen LogP contribution in [0.2, 0.25) is 0 Å². The first-order valence-electron chi connectivity index (χ1n) is 8.41. The van der Waals surface area contributed by atoms with Gasteiger partial charge in [-0.3, -0.25) is 9.59 Å². The zero-order valence-electron chi connectivity index (χ0n) is 13.6. The molecule has 1 atom stereocenters. The molecule has 1 aromatic rings. The molecule has 0 aromatic heterocycles. The molecular formula is C18H24N2O3. The van der Waals surface area contributed by atoms with Crippen molar-refractivity contribution in [1.82, 2.24) is 5.32 Å². The van der Waals surface area contributed by atoms with Crippen LogP contribution in [0.5, 0.6) is 0 Å². The van der Waals surface area contributed by atoms with Crippen molar-refractivity contribution in [2.24, 2.45) is 5.92 Å². The fraction of sp³-hybridized carbons (Fsp3) is 0.556. The summed E-state index contributed by atoms with van der Waals surface area (Å²) >= 11 is 0. The fourth-order valence-electron chi connectivity index (χ4n) is 3.24. The van der Waals surface area contributed by atoms with Crippen molar-refractivity contribution in [3.63, 3.8) is 0 Å². The van der Waals surface area contributed by atoms with Gasteiger partial charge in [-0.05, 0) is 44.7 Å². The van der Waals surface area contributed by atoms with Gasteiger partial charge < -0.3 is 15.0 Å². The average molecular weight is 316 g/mol. The van der Waals surface area contributed by atoms with E-state index in [1.807, 2.05) is 31.2 Å². The average Bonchev–Trinajstić information content (AvgIpc) is 2.58. The van der Waals surface area contributed by atoms with Gasteiger partial charge in [0, 0.05) is 31.4 Å². The van der Waals surface area contributed by atoms with Crippen molar-refractivity contribution < 1.29 is 14.3 Å². The lowest BCUT2D eigenvalue weighted by atomic mass is 9.97. The molecule has 0 saturated carbocycles. The third kappa shape index (κ3) is 3.72. The normalized spacial score (nSPS) is 22.9. The van der Waals surface area contributed by atoms with Crippen molar-refractivity contribution in [2.75, 3.05) is 24.7 Å². The van der Waals surface area contributed by atoms with Gasteiger partial charge in [0.25, 0.3) is 0 Å². The smallest absolute Gasteiger partial charge is 0.249 e. The third-order valence-corrected chi connectivity index (χ3v) is 4.69. The van der Waals surface area contributed by atoms with Gasteiger partial charge in [-0.15, -0.1) is 0 Å². The van der Waals surface area contributed by atoms with Gasteiger partial charge in [0.2, 0.25) is 11.8 Å². The predicted molar refractivity (Wildman–Crippen MR) is 88.2 cm³/mol. The first-order valence-corrected chi connectivity index (χ1v) is 8.41. The van der Waals surface area contributed by atoms with E-state index in [0.717, 1.165) is 31.4 Å². The van der Waals surface area contributed by atoms with Crippen molar-refractivity contribution in [3.05, 3.63) is 29.8 Å². The quantitative estimate of drug-likeness (QED) is 0.928. The Bertz CT molecular complexity index is 564. The number of carbonyl (C=O) groups excluding carboxylic acids is 2. The monoisotopic (exact) mass is 316 g/mol. The Morgan fingerprint density at radius 3 is 2.57 bits per heavy atom. The number of rotatable bonds is 3. The molecule has 0 unspecified atom stereocenters. The largest absolute Gasteiger partial charge is 0.381 e. The Kier molecular flexibility index (Phi) is 4.96. The molecule has 2 heterocycles. The summed E-state index contributed by atoms with van der Waals surface area (Å²) in [6, 6.07) is 7.55. The number of piperidine rings is 1. The maximum absolute atomic E-state index is 12.7. The second-order valence-corrected chi connectivity index (χ2v) is 6.42. The molecule has 5 nitrogen and oxygen atoms in total. The topological polar surface area (TPSA) is 58.6 Å². The minimum Gasteiger partial charge on any atom is -0.381 e. The standard InChI is InChI=1S/C18H24N2O3/c1-13-4-6-15(7-5-13)20-10-2-3-16(18(20)22)19-17(21)14-8-11-23-12-9-14/h4-7,14,16H,2-3,8-12H2,1H3,(H,19,21)/t16-/m0/s1. The second kappa shape index (κ2) is 7.13. The molecule has 2 amide bonds. The predicted octanol–water partition coefficient (Wildman–Crippen LogP) is 2.03. The molecule has 0 spiro atoms. The number of anilines is 1. The maximum atomic E-state index is 12.7. The summed E-state index contributed by atoms with van der Waals surface area (Å²) in [5.74, 6) is -0.0239. The first kappa shape index (κ1) is 16.0. The lowest BCUT2D eigenvalue weighted by molar-refractivity contribution is -0.132. The van der Waals surface area contributed by atoms with E-state index < -0.39 is 6.04 Å². The summed E-state index contributed by atoms with van der Waals surface area (Å²) in [7, 11) is 0. The van der Waals surface area contributed by atoms with Crippen LogP contribution in [0.25, 0.3) is 0 Å². The van der Waals surface area contributed by atoms with Crippen molar-refractivity contribution in [2.45, 2.75) is 38.6 Å². The third-order valence-electron chi connectivity index (χ3n) is 4.69. The molecule has 0 aliphatic carbocycles. The number of ether oxygens (including phenoxy) is 1. The van der Waals surface area contributed by atoms with Crippen molar-refractivity contribution >= 4 is 17.5 Å². The van der Waals surface area contributed by atoms with Crippen LogP contribution < -0.4 is 10.2 Å². The molecule has 124 valence electrons. The Hall–Kier alpha value is -1.88. The number of carbonyl (C=O) groups is 2. The minimum absolute atomic E-state index is 0.000475. The minimum atomic E-state index is -0.402. The zero-order chi connectivity index (χ0) is 16.2. The van der Waals surface area contributed by atoms with Crippen LogP contribution in [0.3, 0.4) is 0 Å². The van der Waals surface area contributed by atoms with E-state index in [1.54, 1.807) is 4.90 Å². The van der Waals surface area contributed by atoms with Crippen LogP contribution in [0.15, 0.2) is 24.3 Å². The summed E-state index contributed by atoms with van der Waals surface area (Å²) in [6.07, 6.45) is 3.11. The van der Waals surface area contributed by atoms with Gasteiger partial charge in [0.15, 0.2) is 0 Å². The highest BCUT2D eigenvalue weighted by atomic mass is 16.5. The highest BCUT2D eigenvalue weighted by Gasteiger charge is 2.32. The SMILES string of the molecule is Cc1ccc(N2CCC[C@H](NC(=O)C3CCOCC3)C2=O)cc1. The van der Waals surface area contributed by atoms with Crippen molar-refractivity contribution in [3.8, 4) is 0 Å². The van der Waals surface area contributed by atoms with E-state index in [9.17, 15) is 9.59 Å². The number of hydrogen-bond acceptors (Lipinski definition) is 3. The van der Waals surface area contributed by atoms with Crippen molar-refractivity contribution in [1.29, 1.82) is 0 Å². The van der Waals surface area contributed by atoms with E-state index in [-0.39, 0.29) is 17.7 Å². The molecular weight excluding hydrogens is 292 g/mol. The van der Waals surface area contributed by atoms with Crippen LogP contribution in [-0.2, 0) is 14.3 Å². The number of amides is 2. The number of nitrogens with zero attached hydrogens (tertiary/aromatic N) is 1. The first-order chi connectivity index (χ1) is 11.1. The highest BCUT2D eigenvalue weighted by molar-refractivity contribution is 6.00. The summed E-state index contributed by atoms with van der Waals surface area (Å²) in [5, 5.41) is 2.96. The Labute approximate surface area is 137 Å². The molecule has 0 radical (unpaired) electrons. The Balaban J connectivity index is 1.64. The molecule has 2 aliphatic heterocycles. The molecule has 23 heavy (non-hydrogen) atoms. The summed E-state index contributed by atoms with van der Waals surface area (Å²) in [6.45, 7) is 4.00. The molecule has 5 heteroatoms. The zero-order valence-corrected chi connectivity index (χ0v) is 13.6. The van der Waals surface area contributed by atoms with Gasteiger partial charge >= 0.3 is 0 Å². The number of aryl methyl sites for hydroxylation is 1. The van der Waals surface area contributed by atoms with Crippen LogP contribution in [0.4, 0.5) is 5.69 Å². The van der Waals surface area contributed by atoms with Gasteiger partial charge in [0.1, 0.15) is 6.04 Å². The van der Waals surface area contributed by atoms with E-state index in [2.05, 4.69) is 5.32 Å². The number of nitrogens with one attached hydrogen (secondary N) is 1. The number of hydrogen-bond donors (Lipinski definition) is 1. The van der Waals surface area contributed by atoms with Crippen LogP contribution in [0.1, 0.15) is 31.2 Å². The molecule has 3 rings (SSSR count). The molecule has 2 saturated heterocycles. The Morgan fingerprint density at radius 1 is 1.17 bits per heavy atom. The lowest BCUT2D eigenvalue weighted by Gasteiger charge is -2.33. The van der Waals surface area contributed by atoms with Gasteiger partial charge in [-0.2, -0.15) is 0 Å². The lowest BCUT2D eigenvalue weighted by Crippen LogP contribution is -2.53. The fourth-order valence-corrected chi connectivity index (χ4v) is 3.24. The van der Waals surface area contributed by atoms with Crippen LogP contribution in [-0.4, -0.2) is 37.6 Å². The number of benzene rings is 1. The van der Waals surface area contributed by atoms with E-state index >= 15 is 0 Å².